The highest BCUT2D eigenvalue weighted by Crippen LogP contribution is 2.21. The molecule has 4 nitrogen and oxygen atoms in total. The average Bonchev–Trinajstić information content (AvgIpc) is 2.92. The van der Waals surface area contributed by atoms with Crippen LogP contribution in [0.2, 0.25) is 0 Å². The summed E-state index contributed by atoms with van der Waals surface area (Å²) in [5, 5.41) is 4.97. The SMILES string of the molecule is Cc1ccc(C(=O)NC(C)c2cccs2)c(NN)c1. The Hall–Kier alpha value is -1.85. The van der Waals surface area contributed by atoms with Crippen LogP contribution in [-0.4, -0.2) is 5.91 Å². The van der Waals surface area contributed by atoms with Crippen LogP contribution in [0.15, 0.2) is 35.7 Å². The van der Waals surface area contributed by atoms with Crippen molar-refractivity contribution in [2.45, 2.75) is 19.9 Å². The Labute approximate surface area is 116 Å². The van der Waals surface area contributed by atoms with Crippen LogP contribution in [0.1, 0.15) is 33.8 Å². The number of hydrazine groups is 1. The number of rotatable bonds is 4. The van der Waals surface area contributed by atoms with Crippen LogP contribution in [0.4, 0.5) is 5.69 Å². The largest absolute Gasteiger partial charge is 0.345 e. The first-order chi connectivity index (χ1) is 9.11. The van der Waals surface area contributed by atoms with E-state index in [0.29, 0.717) is 11.3 Å². The molecule has 0 saturated heterocycles. The Morgan fingerprint density at radius 3 is 2.79 bits per heavy atom. The first-order valence-corrected chi connectivity index (χ1v) is 6.91. The Bertz CT molecular complexity index is 566. The Balaban J connectivity index is 2.16. The number of nitrogens with one attached hydrogen (secondary N) is 2. The zero-order chi connectivity index (χ0) is 13.8. The van der Waals surface area contributed by atoms with E-state index in [9.17, 15) is 4.79 Å². The molecule has 1 unspecified atom stereocenters. The van der Waals surface area contributed by atoms with Crippen molar-refractivity contribution in [3.63, 3.8) is 0 Å². The predicted molar refractivity (Wildman–Crippen MR) is 79.2 cm³/mol. The lowest BCUT2D eigenvalue weighted by molar-refractivity contribution is 0.0941. The molecule has 0 aliphatic carbocycles. The van der Waals surface area contributed by atoms with Crippen LogP contribution in [0, 0.1) is 6.92 Å². The van der Waals surface area contributed by atoms with Crippen LogP contribution in [0.5, 0.6) is 0 Å². The predicted octanol–water partition coefficient (Wildman–Crippen LogP) is 2.83. The van der Waals surface area contributed by atoms with E-state index in [1.54, 1.807) is 17.4 Å². The minimum atomic E-state index is -0.131. The lowest BCUT2D eigenvalue weighted by Gasteiger charge is -2.14. The molecule has 1 aromatic heterocycles. The highest BCUT2D eigenvalue weighted by Gasteiger charge is 2.15. The molecule has 2 aromatic rings. The van der Waals surface area contributed by atoms with Crippen molar-refractivity contribution in [3.05, 3.63) is 51.7 Å². The molecule has 5 heteroatoms. The van der Waals surface area contributed by atoms with Gasteiger partial charge in [-0.3, -0.25) is 10.6 Å². The lowest BCUT2D eigenvalue weighted by atomic mass is 10.1. The van der Waals surface area contributed by atoms with Gasteiger partial charge in [0, 0.05) is 4.88 Å². The summed E-state index contributed by atoms with van der Waals surface area (Å²) in [5.74, 6) is 5.32. The Kier molecular flexibility index (Phi) is 4.19. The van der Waals surface area contributed by atoms with Crippen LogP contribution >= 0.6 is 11.3 Å². The van der Waals surface area contributed by atoms with Crippen molar-refractivity contribution in [2.75, 3.05) is 5.43 Å². The van der Waals surface area contributed by atoms with Gasteiger partial charge in [-0.05, 0) is 43.0 Å². The smallest absolute Gasteiger partial charge is 0.253 e. The number of benzene rings is 1. The molecule has 1 heterocycles. The summed E-state index contributed by atoms with van der Waals surface area (Å²) in [5.41, 5.74) is 4.81. The van der Waals surface area contributed by atoms with Crippen LogP contribution in [0.3, 0.4) is 0 Å². The monoisotopic (exact) mass is 275 g/mol. The minimum absolute atomic E-state index is 0.0144. The van der Waals surface area contributed by atoms with Gasteiger partial charge in [-0.15, -0.1) is 11.3 Å². The Morgan fingerprint density at radius 2 is 2.16 bits per heavy atom. The molecule has 1 amide bonds. The summed E-state index contributed by atoms with van der Waals surface area (Å²) in [7, 11) is 0. The van der Waals surface area contributed by atoms with Gasteiger partial charge in [0.1, 0.15) is 0 Å². The number of hydrogen-bond donors (Lipinski definition) is 3. The molecule has 100 valence electrons. The molecular weight excluding hydrogens is 258 g/mol. The van der Waals surface area contributed by atoms with E-state index < -0.39 is 0 Å². The van der Waals surface area contributed by atoms with E-state index in [4.69, 9.17) is 5.84 Å². The zero-order valence-corrected chi connectivity index (χ0v) is 11.8. The van der Waals surface area contributed by atoms with Gasteiger partial charge in [0.2, 0.25) is 0 Å². The first kappa shape index (κ1) is 13.6. The van der Waals surface area contributed by atoms with Gasteiger partial charge < -0.3 is 10.7 Å². The van der Waals surface area contributed by atoms with Gasteiger partial charge in [-0.2, -0.15) is 0 Å². The fraction of sp³-hybridized carbons (Fsp3) is 0.214. The molecule has 1 aromatic carbocycles. The Morgan fingerprint density at radius 1 is 1.37 bits per heavy atom. The van der Waals surface area contributed by atoms with Gasteiger partial charge in [0.05, 0.1) is 17.3 Å². The molecular formula is C14H17N3OS. The topological polar surface area (TPSA) is 67.2 Å². The number of thiophene rings is 1. The molecule has 0 saturated carbocycles. The maximum absolute atomic E-state index is 12.2. The molecule has 4 N–H and O–H groups in total. The number of carbonyl (C=O) groups excluding carboxylic acids is 1. The number of aryl methyl sites for hydroxylation is 1. The molecule has 0 radical (unpaired) electrons. The second kappa shape index (κ2) is 5.86. The summed E-state index contributed by atoms with van der Waals surface area (Å²) >= 11 is 1.63. The van der Waals surface area contributed by atoms with Crippen molar-refractivity contribution in [3.8, 4) is 0 Å². The normalized spacial score (nSPS) is 11.9. The van der Waals surface area contributed by atoms with E-state index in [2.05, 4.69) is 10.7 Å². The molecule has 0 bridgehead atoms. The molecule has 2 rings (SSSR count). The summed E-state index contributed by atoms with van der Waals surface area (Å²) in [6, 6.07) is 9.49. The van der Waals surface area contributed by atoms with Crippen molar-refractivity contribution in [1.82, 2.24) is 5.32 Å². The van der Waals surface area contributed by atoms with Crippen molar-refractivity contribution in [2.24, 2.45) is 5.84 Å². The van der Waals surface area contributed by atoms with Crippen molar-refractivity contribution in [1.29, 1.82) is 0 Å². The van der Waals surface area contributed by atoms with Crippen molar-refractivity contribution < 1.29 is 4.79 Å². The third-order valence-electron chi connectivity index (χ3n) is 2.89. The number of nitrogens with two attached hydrogens (primary N) is 1. The number of carbonyl (C=O) groups is 1. The quantitative estimate of drug-likeness (QED) is 0.593. The maximum atomic E-state index is 12.2. The van der Waals surface area contributed by atoms with E-state index >= 15 is 0 Å². The third kappa shape index (κ3) is 3.13. The number of anilines is 1. The molecule has 0 aliphatic heterocycles. The van der Waals surface area contributed by atoms with E-state index in [0.717, 1.165) is 10.4 Å². The summed E-state index contributed by atoms with van der Waals surface area (Å²) in [4.78, 5) is 13.4. The summed E-state index contributed by atoms with van der Waals surface area (Å²) in [6.07, 6.45) is 0. The highest BCUT2D eigenvalue weighted by atomic mass is 32.1. The van der Waals surface area contributed by atoms with Gasteiger partial charge in [-0.25, -0.2) is 0 Å². The van der Waals surface area contributed by atoms with Gasteiger partial charge in [-0.1, -0.05) is 12.1 Å². The average molecular weight is 275 g/mol. The van der Waals surface area contributed by atoms with Gasteiger partial charge >= 0.3 is 0 Å². The highest BCUT2D eigenvalue weighted by molar-refractivity contribution is 7.10. The van der Waals surface area contributed by atoms with Crippen molar-refractivity contribution >= 4 is 22.9 Å². The standard InChI is InChI=1S/C14H17N3OS/c1-9-5-6-11(12(8-9)17-15)14(18)16-10(2)13-4-3-7-19-13/h3-8,10,17H,15H2,1-2H3,(H,16,18). The molecule has 0 spiro atoms. The van der Waals surface area contributed by atoms with Gasteiger partial charge in [0.15, 0.2) is 0 Å². The first-order valence-electron chi connectivity index (χ1n) is 6.03. The van der Waals surface area contributed by atoms with Gasteiger partial charge in [0.25, 0.3) is 5.91 Å². The maximum Gasteiger partial charge on any atom is 0.253 e. The van der Waals surface area contributed by atoms with Crippen LogP contribution in [-0.2, 0) is 0 Å². The molecule has 0 aliphatic rings. The minimum Gasteiger partial charge on any atom is -0.345 e. The number of nitrogen functional groups attached to an aromatic ring is 1. The molecule has 19 heavy (non-hydrogen) atoms. The lowest BCUT2D eigenvalue weighted by Crippen LogP contribution is -2.27. The van der Waals surface area contributed by atoms with Crippen LogP contribution in [0.25, 0.3) is 0 Å². The zero-order valence-electron chi connectivity index (χ0n) is 10.9. The second-order valence-corrected chi connectivity index (χ2v) is 5.38. The summed E-state index contributed by atoms with van der Waals surface area (Å²) < 4.78 is 0. The molecule has 0 fully saturated rings. The molecule has 1 atom stereocenters. The fourth-order valence-corrected chi connectivity index (χ4v) is 2.59. The van der Waals surface area contributed by atoms with Crippen LogP contribution < -0.4 is 16.6 Å². The van der Waals surface area contributed by atoms with E-state index in [-0.39, 0.29) is 11.9 Å². The van der Waals surface area contributed by atoms with E-state index in [1.807, 2.05) is 43.5 Å². The second-order valence-electron chi connectivity index (χ2n) is 4.40. The van der Waals surface area contributed by atoms with E-state index in [1.165, 1.54) is 0 Å². The number of hydrogen-bond acceptors (Lipinski definition) is 4. The summed E-state index contributed by atoms with van der Waals surface area (Å²) in [6.45, 7) is 3.92. The number of amides is 1. The third-order valence-corrected chi connectivity index (χ3v) is 3.95. The fourth-order valence-electron chi connectivity index (χ4n) is 1.86.